The van der Waals surface area contributed by atoms with Gasteiger partial charge in [-0.1, -0.05) is 5.16 Å². The van der Waals surface area contributed by atoms with E-state index in [2.05, 4.69) is 15.4 Å². The van der Waals surface area contributed by atoms with Crippen LogP contribution in [0.2, 0.25) is 0 Å². The molecule has 2 aliphatic heterocycles. The second kappa shape index (κ2) is 7.21. The summed E-state index contributed by atoms with van der Waals surface area (Å²) < 4.78 is 15.9. The number of ether oxygens (including phenoxy) is 2. The number of rotatable bonds is 5. The maximum absolute atomic E-state index is 12.2. The predicted octanol–water partition coefficient (Wildman–Crippen LogP) is 0.450. The van der Waals surface area contributed by atoms with E-state index in [0.717, 1.165) is 45.9 Å². The first-order valence-electron chi connectivity index (χ1n) is 7.85. The second-order valence-corrected chi connectivity index (χ2v) is 5.87. The molecule has 1 aromatic heterocycles. The van der Waals surface area contributed by atoms with E-state index in [1.807, 2.05) is 0 Å². The van der Waals surface area contributed by atoms with Crippen molar-refractivity contribution in [1.82, 2.24) is 15.4 Å². The van der Waals surface area contributed by atoms with Crippen LogP contribution in [-0.2, 0) is 9.47 Å². The lowest BCUT2D eigenvalue weighted by atomic mass is 9.97. The van der Waals surface area contributed by atoms with Crippen molar-refractivity contribution < 1.29 is 18.8 Å². The fourth-order valence-electron chi connectivity index (χ4n) is 3.12. The topological polar surface area (TPSA) is 76.8 Å². The number of hydrogen-bond donors (Lipinski definition) is 1. The van der Waals surface area contributed by atoms with Gasteiger partial charge in [0.15, 0.2) is 5.69 Å². The molecule has 1 N–H and O–H groups in total. The van der Waals surface area contributed by atoms with Crippen molar-refractivity contribution in [3.63, 3.8) is 0 Å². The van der Waals surface area contributed by atoms with Gasteiger partial charge >= 0.3 is 0 Å². The quantitative estimate of drug-likeness (QED) is 0.851. The number of nitrogens with one attached hydrogen (secondary N) is 1. The van der Waals surface area contributed by atoms with Crippen molar-refractivity contribution in [3.05, 3.63) is 17.5 Å². The largest absolute Gasteiger partial charge is 0.381 e. The van der Waals surface area contributed by atoms with Crippen LogP contribution in [0.4, 0.5) is 0 Å². The van der Waals surface area contributed by atoms with Crippen LogP contribution in [0.15, 0.2) is 10.6 Å². The van der Waals surface area contributed by atoms with Gasteiger partial charge in [-0.15, -0.1) is 0 Å². The average molecular weight is 309 g/mol. The van der Waals surface area contributed by atoms with E-state index in [-0.39, 0.29) is 11.9 Å². The summed E-state index contributed by atoms with van der Waals surface area (Å²) in [6.07, 6.45) is 1.04. The Morgan fingerprint density at radius 1 is 1.41 bits per heavy atom. The van der Waals surface area contributed by atoms with Crippen LogP contribution in [0.25, 0.3) is 0 Å². The molecule has 1 aromatic rings. The summed E-state index contributed by atoms with van der Waals surface area (Å²) in [4.78, 5) is 14.6. The molecule has 1 amide bonds. The van der Waals surface area contributed by atoms with Crippen LogP contribution in [0.3, 0.4) is 0 Å². The third-order valence-corrected chi connectivity index (χ3v) is 4.36. The van der Waals surface area contributed by atoms with Gasteiger partial charge in [0.2, 0.25) is 0 Å². The van der Waals surface area contributed by atoms with Gasteiger partial charge in [0.05, 0.1) is 19.8 Å². The highest BCUT2D eigenvalue weighted by Crippen LogP contribution is 2.22. The lowest BCUT2D eigenvalue weighted by molar-refractivity contribution is 0.00164. The van der Waals surface area contributed by atoms with E-state index in [0.29, 0.717) is 23.9 Å². The summed E-state index contributed by atoms with van der Waals surface area (Å²) in [5.41, 5.74) is 0.334. The van der Waals surface area contributed by atoms with Gasteiger partial charge in [0.25, 0.3) is 5.91 Å². The molecule has 0 unspecified atom stereocenters. The maximum atomic E-state index is 12.2. The molecule has 0 spiro atoms. The molecule has 2 saturated heterocycles. The van der Waals surface area contributed by atoms with Gasteiger partial charge in [0.1, 0.15) is 5.76 Å². The Labute approximate surface area is 129 Å². The molecule has 2 fully saturated rings. The summed E-state index contributed by atoms with van der Waals surface area (Å²) in [6.45, 7) is 7.25. The van der Waals surface area contributed by atoms with Crippen LogP contribution in [0, 0.1) is 12.8 Å². The Kier molecular flexibility index (Phi) is 5.07. The van der Waals surface area contributed by atoms with Crippen molar-refractivity contribution in [2.24, 2.45) is 5.92 Å². The first kappa shape index (κ1) is 15.5. The Bertz CT molecular complexity index is 493. The molecule has 7 heteroatoms. The number of aryl methyl sites for hydroxylation is 1. The summed E-state index contributed by atoms with van der Waals surface area (Å²) in [6, 6.07) is 1.93. The molecule has 3 heterocycles. The minimum Gasteiger partial charge on any atom is -0.381 e. The molecule has 0 aromatic carbocycles. The third-order valence-electron chi connectivity index (χ3n) is 4.36. The molecule has 122 valence electrons. The predicted molar refractivity (Wildman–Crippen MR) is 78.7 cm³/mol. The van der Waals surface area contributed by atoms with E-state index in [4.69, 9.17) is 14.0 Å². The molecule has 22 heavy (non-hydrogen) atoms. The molecule has 0 radical (unpaired) electrons. The van der Waals surface area contributed by atoms with E-state index >= 15 is 0 Å². The molecule has 0 bridgehead atoms. The van der Waals surface area contributed by atoms with Gasteiger partial charge in [-0.3, -0.25) is 9.69 Å². The fraction of sp³-hybridized carbons (Fsp3) is 0.733. The SMILES string of the molecule is Cc1cc(C(=O)NC[C@H]([C@H]2CCOC2)N2CCOCC2)no1. The van der Waals surface area contributed by atoms with Crippen LogP contribution in [-0.4, -0.2) is 68.1 Å². The first-order valence-corrected chi connectivity index (χ1v) is 7.85. The number of amides is 1. The number of carbonyl (C=O) groups excluding carboxylic acids is 1. The lowest BCUT2D eigenvalue weighted by Gasteiger charge is -2.37. The van der Waals surface area contributed by atoms with Gasteiger partial charge in [-0.25, -0.2) is 0 Å². The minimum atomic E-state index is -0.186. The maximum Gasteiger partial charge on any atom is 0.273 e. The second-order valence-electron chi connectivity index (χ2n) is 5.87. The average Bonchev–Trinajstić information content (AvgIpc) is 3.20. The fourth-order valence-corrected chi connectivity index (χ4v) is 3.12. The summed E-state index contributed by atoms with van der Waals surface area (Å²) >= 11 is 0. The molecule has 0 aliphatic carbocycles. The van der Waals surface area contributed by atoms with Gasteiger partial charge in [-0.05, 0) is 13.3 Å². The monoisotopic (exact) mass is 309 g/mol. The highest BCUT2D eigenvalue weighted by Gasteiger charge is 2.32. The summed E-state index contributed by atoms with van der Waals surface area (Å²) in [5.74, 6) is 0.908. The van der Waals surface area contributed by atoms with E-state index in [1.165, 1.54) is 0 Å². The highest BCUT2D eigenvalue weighted by molar-refractivity contribution is 5.92. The Morgan fingerprint density at radius 2 is 2.23 bits per heavy atom. The molecule has 2 atom stereocenters. The van der Waals surface area contributed by atoms with Gasteiger partial charge < -0.3 is 19.3 Å². The van der Waals surface area contributed by atoms with Gasteiger partial charge in [0, 0.05) is 44.3 Å². The van der Waals surface area contributed by atoms with Crippen LogP contribution in [0.1, 0.15) is 22.7 Å². The number of nitrogens with zero attached hydrogens (tertiary/aromatic N) is 2. The highest BCUT2D eigenvalue weighted by atomic mass is 16.5. The van der Waals surface area contributed by atoms with Crippen LogP contribution < -0.4 is 5.32 Å². The zero-order chi connectivity index (χ0) is 15.4. The van der Waals surface area contributed by atoms with E-state index < -0.39 is 0 Å². The molecule has 0 saturated carbocycles. The third kappa shape index (κ3) is 3.66. The zero-order valence-corrected chi connectivity index (χ0v) is 12.9. The van der Waals surface area contributed by atoms with Crippen LogP contribution >= 0.6 is 0 Å². The number of carbonyl (C=O) groups is 1. The van der Waals surface area contributed by atoms with Crippen molar-refractivity contribution in [1.29, 1.82) is 0 Å². The standard InChI is InChI=1S/C15H23N3O4/c1-11-8-13(17-22-11)15(19)16-9-14(12-2-5-21-10-12)18-3-6-20-7-4-18/h8,12,14H,2-7,9-10H2,1H3,(H,16,19)/t12-,14+/m0/s1. The Balaban J connectivity index is 1.60. The normalized spacial score (nSPS) is 24.3. The van der Waals surface area contributed by atoms with E-state index in [9.17, 15) is 4.79 Å². The van der Waals surface area contributed by atoms with Gasteiger partial charge in [-0.2, -0.15) is 0 Å². The van der Waals surface area contributed by atoms with Crippen molar-refractivity contribution in [2.75, 3.05) is 46.1 Å². The molecular formula is C15H23N3O4. The zero-order valence-electron chi connectivity index (χ0n) is 12.9. The number of morpholine rings is 1. The number of aromatic nitrogens is 1. The molecule has 3 rings (SSSR count). The number of hydrogen-bond acceptors (Lipinski definition) is 6. The summed E-state index contributed by atoms with van der Waals surface area (Å²) in [7, 11) is 0. The minimum absolute atomic E-state index is 0.186. The first-order chi connectivity index (χ1) is 10.7. The van der Waals surface area contributed by atoms with Crippen molar-refractivity contribution in [3.8, 4) is 0 Å². The Hall–Kier alpha value is -1.44. The smallest absolute Gasteiger partial charge is 0.273 e. The van der Waals surface area contributed by atoms with E-state index in [1.54, 1.807) is 13.0 Å². The summed E-state index contributed by atoms with van der Waals surface area (Å²) in [5, 5.41) is 6.75. The molecule has 7 nitrogen and oxygen atoms in total. The Morgan fingerprint density at radius 3 is 2.86 bits per heavy atom. The van der Waals surface area contributed by atoms with Crippen molar-refractivity contribution >= 4 is 5.91 Å². The van der Waals surface area contributed by atoms with Crippen molar-refractivity contribution in [2.45, 2.75) is 19.4 Å². The lowest BCUT2D eigenvalue weighted by Crippen LogP contribution is -2.52. The van der Waals surface area contributed by atoms with Crippen LogP contribution in [0.5, 0.6) is 0 Å². The molecular weight excluding hydrogens is 286 g/mol. The molecule has 2 aliphatic rings.